The van der Waals surface area contributed by atoms with E-state index in [1.807, 2.05) is 13.0 Å². The van der Waals surface area contributed by atoms with Gasteiger partial charge in [0, 0.05) is 24.2 Å². The van der Waals surface area contributed by atoms with Crippen LogP contribution in [0.1, 0.15) is 18.9 Å². The standard InChI is InChI=1S/C11H15NO3/c1-2-10(11(13)14)3-5-12-7-9-4-6-15-8-9/h3-4,6,8,12H,2,5,7H2,1H3,(H,13,14)/b10-3-. The first-order chi connectivity index (χ1) is 7.24. The Morgan fingerprint density at radius 2 is 2.47 bits per heavy atom. The zero-order chi connectivity index (χ0) is 11.1. The van der Waals surface area contributed by atoms with Crippen LogP contribution in [0.15, 0.2) is 34.7 Å². The molecular formula is C11H15NO3. The van der Waals surface area contributed by atoms with Crippen LogP contribution in [-0.4, -0.2) is 17.6 Å². The van der Waals surface area contributed by atoms with Gasteiger partial charge >= 0.3 is 5.97 Å². The summed E-state index contributed by atoms with van der Waals surface area (Å²) >= 11 is 0. The van der Waals surface area contributed by atoms with Gasteiger partial charge < -0.3 is 14.8 Å². The zero-order valence-electron chi connectivity index (χ0n) is 8.69. The normalized spacial score (nSPS) is 11.7. The van der Waals surface area contributed by atoms with E-state index in [1.54, 1.807) is 18.6 Å². The van der Waals surface area contributed by atoms with Crippen LogP contribution in [0.5, 0.6) is 0 Å². The molecule has 2 N–H and O–H groups in total. The van der Waals surface area contributed by atoms with Crippen molar-refractivity contribution in [3.8, 4) is 0 Å². The second kappa shape index (κ2) is 6.03. The molecule has 15 heavy (non-hydrogen) atoms. The Morgan fingerprint density at radius 3 is 3.00 bits per heavy atom. The summed E-state index contributed by atoms with van der Waals surface area (Å²) in [5.41, 5.74) is 1.49. The number of carbonyl (C=O) groups is 1. The average molecular weight is 209 g/mol. The maximum atomic E-state index is 10.6. The second-order valence-corrected chi connectivity index (χ2v) is 3.15. The number of hydrogen-bond donors (Lipinski definition) is 2. The molecule has 1 rings (SSSR count). The molecule has 0 saturated heterocycles. The fourth-order valence-electron chi connectivity index (χ4n) is 1.19. The van der Waals surface area contributed by atoms with Gasteiger partial charge in [-0.15, -0.1) is 0 Å². The van der Waals surface area contributed by atoms with Crippen molar-refractivity contribution < 1.29 is 14.3 Å². The Hall–Kier alpha value is -1.55. The average Bonchev–Trinajstić information content (AvgIpc) is 2.70. The van der Waals surface area contributed by atoms with Gasteiger partial charge in [0.05, 0.1) is 12.5 Å². The molecule has 4 nitrogen and oxygen atoms in total. The van der Waals surface area contributed by atoms with Crippen LogP contribution in [-0.2, 0) is 11.3 Å². The molecule has 0 aromatic carbocycles. The fourth-order valence-corrected chi connectivity index (χ4v) is 1.19. The van der Waals surface area contributed by atoms with Crippen LogP contribution >= 0.6 is 0 Å². The Balaban J connectivity index is 2.28. The van der Waals surface area contributed by atoms with Gasteiger partial charge in [-0.2, -0.15) is 0 Å². The Bertz CT molecular complexity index is 328. The highest BCUT2D eigenvalue weighted by Gasteiger charge is 2.02. The lowest BCUT2D eigenvalue weighted by Gasteiger charge is -2.00. The van der Waals surface area contributed by atoms with Gasteiger partial charge in [0.25, 0.3) is 0 Å². The lowest BCUT2D eigenvalue weighted by molar-refractivity contribution is -0.132. The minimum Gasteiger partial charge on any atom is -0.478 e. The molecule has 1 aromatic rings. The molecule has 0 aliphatic heterocycles. The molecule has 0 spiro atoms. The molecule has 0 aliphatic carbocycles. The summed E-state index contributed by atoms with van der Waals surface area (Å²) in [4.78, 5) is 10.6. The highest BCUT2D eigenvalue weighted by atomic mass is 16.4. The molecule has 0 amide bonds. The van der Waals surface area contributed by atoms with E-state index in [0.717, 1.165) is 5.56 Å². The van der Waals surface area contributed by atoms with Gasteiger partial charge in [-0.05, 0) is 12.5 Å². The van der Waals surface area contributed by atoms with Crippen LogP contribution in [0.25, 0.3) is 0 Å². The van der Waals surface area contributed by atoms with Gasteiger partial charge in [0.15, 0.2) is 0 Å². The molecule has 0 unspecified atom stereocenters. The van der Waals surface area contributed by atoms with Crippen LogP contribution in [0.3, 0.4) is 0 Å². The van der Waals surface area contributed by atoms with E-state index in [9.17, 15) is 4.79 Å². The summed E-state index contributed by atoms with van der Waals surface area (Å²) in [7, 11) is 0. The lowest BCUT2D eigenvalue weighted by Crippen LogP contribution is -2.14. The van der Waals surface area contributed by atoms with Crippen molar-refractivity contribution >= 4 is 5.97 Å². The van der Waals surface area contributed by atoms with Gasteiger partial charge in [0.1, 0.15) is 0 Å². The van der Waals surface area contributed by atoms with Crippen molar-refractivity contribution in [1.82, 2.24) is 5.32 Å². The predicted molar refractivity (Wildman–Crippen MR) is 56.4 cm³/mol. The third-order valence-corrected chi connectivity index (χ3v) is 2.06. The van der Waals surface area contributed by atoms with E-state index < -0.39 is 5.97 Å². The molecule has 0 aliphatic rings. The third-order valence-electron chi connectivity index (χ3n) is 2.06. The lowest BCUT2D eigenvalue weighted by atomic mass is 10.2. The third kappa shape index (κ3) is 3.99. The zero-order valence-corrected chi connectivity index (χ0v) is 8.69. The van der Waals surface area contributed by atoms with Crippen LogP contribution in [0.4, 0.5) is 0 Å². The summed E-state index contributed by atoms with van der Waals surface area (Å²) in [5.74, 6) is -0.845. The van der Waals surface area contributed by atoms with Crippen LogP contribution in [0.2, 0.25) is 0 Å². The first-order valence-corrected chi connectivity index (χ1v) is 4.88. The highest BCUT2D eigenvalue weighted by molar-refractivity contribution is 5.86. The maximum Gasteiger partial charge on any atom is 0.331 e. The van der Waals surface area contributed by atoms with E-state index in [1.165, 1.54) is 0 Å². The Kier molecular flexibility index (Phi) is 4.63. The number of furan rings is 1. The van der Waals surface area contributed by atoms with Crippen molar-refractivity contribution in [1.29, 1.82) is 0 Å². The first kappa shape index (κ1) is 11.5. The monoisotopic (exact) mass is 209 g/mol. The molecule has 0 bridgehead atoms. The SMILES string of the molecule is CC/C(=C/CNCc1ccoc1)C(=O)O. The summed E-state index contributed by atoms with van der Waals surface area (Å²) < 4.78 is 4.90. The van der Waals surface area contributed by atoms with Crippen LogP contribution < -0.4 is 5.32 Å². The number of aliphatic carboxylic acids is 1. The smallest absolute Gasteiger partial charge is 0.331 e. The van der Waals surface area contributed by atoms with E-state index in [4.69, 9.17) is 9.52 Å². The number of carboxylic acid groups (broad SMARTS) is 1. The van der Waals surface area contributed by atoms with Gasteiger partial charge in [0.2, 0.25) is 0 Å². The number of carboxylic acids is 1. The topological polar surface area (TPSA) is 62.5 Å². The number of hydrogen-bond acceptors (Lipinski definition) is 3. The van der Waals surface area contributed by atoms with Crippen molar-refractivity contribution in [2.45, 2.75) is 19.9 Å². The van der Waals surface area contributed by atoms with Gasteiger partial charge in [-0.1, -0.05) is 13.0 Å². The van der Waals surface area contributed by atoms with E-state index in [-0.39, 0.29) is 0 Å². The minimum absolute atomic E-state index is 0.440. The van der Waals surface area contributed by atoms with E-state index >= 15 is 0 Å². The maximum absolute atomic E-state index is 10.6. The number of rotatable bonds is 6. The Morgan fingerprint density at radius 1 is 1.67 bits per heavy atom. The molecule has 0 fully saturated rings. The largest absolute Gasteiger partial charge is 0.478 e. The fraction of sp³-hybridized carbons (Fsp3) is 0.364. The molecule has 0 saturated carbocycles. The van der Waals surface area contributed by atoms with E-state index in [0.29, 0.717) is 25.1 Å². The van der Waals surface area contributed by atoms with Crippen molar-refractivity contribution in [3.63, 3.8) is 0 Å². The van der Waals surface area contributed by atoms with Crippen molar-refractivity contribution in [2.24, 2.45) is 0 Å². The molecule has 0 atom stereocenters. The minimum atomic E-state index is -0.845. The Labute approximate surface area is 88.6 Å². The predicted octanol–water partition coefficient (Wildman–Crippen LogP) is 1.79. The number of nitrogens with one attached hydrogen (secondary N) is 1. The molecular weight excluding hydrogens is 194 g/mol. The summed E-state index contributed by atoms with van der Waals surface area (Å²) in [5, 5.41) is 11.9. The highest BCUT2D eigenvalue weighted by Crippen LogP contribution is 2.00. The first-order valence-electron chi connectivity index (χ1n) is 4.88. The second-order valence-electron chi connectivity index (χ2n) is 3.15. The summed E-state index contributed by atoms with van der Waals surface area (Å²) in [6.07, 6.45) is 5.52. The molecule has 82 valence electrons. The quantitative estimate of drug-likeness (QED) is 0.554. The molecule has 1 heterocycles. The van der Waals surface area contributed by atoms with Crippen molar-refractivity contribution in [3.05, 3.63) is 35.8 Å². The van der Waals surface area contributed by atoms with Crippen molar-refractivity contribution in [2.75, 3.05) is 6.54 Å². The summed E-state index contributed by atoms with van der Waals surface area (Å²) in [6.45, 7) is 3.07. The molecule has 0 radical (unpaired) electrons. The van der Waals surface area contributed by atoms with Gasteiger partial charge in [-0.3, -0.25) is 0 Å². The molecule has 1 aromatic heterocycles. The van der Waals surface area contributed by atoms with Crippen LogP contribution in [0, 0.1) is 0 Å². The summed E-state index contributed by atoms with van der Waals surface area (Å²) in [6, 6.07) is 1.87. The van der Waals surface area contributed by atoms with E-state index in [2.05, 4.69) is 5.32 Å². The molecule has 4 heteroatoms. The van der Waals surface area contributed by atoms with Gasteiger partial charge in [-0.25, -0.2) is 4.79 Å².